The maximum Gasteiger partial charge on any atom is 1.00 e. The predicted molar refractivity (Wildman–Crippen MR) is 168 cm³/mol. The molecule has 0 saturated heterocycles. The maximum absolute atomic E-state index is 10.2. The molecular weight excluding hydrogens is 748 g/mol. The summed E-state index contributed by atoms with van der Waals surface area (Å²) in [6.07, 6.45) is -0.605. The van der Waals surface area contributed by atoms with E-state index >= 15 is 0 Å². The van der Waals surface area contributed by atoms with E-state index in [4.69, 9.17) is 30.6 Å². The Balaban J connectivity index is -0.000000123. The van der Waals surface area contributed by atoms with Crippen LogP contribution in [0.25, 0.3) is 0 Å². The fourth-order valence-corrected chi connectivity index (χ4v) is 3.36. The van der Waals surface area contributed by atoms with Gasteiger partial charge in [0.25, 0.3) is 0 Å². The molecule has 0 saturated carbocycles. The molecule has 6 N–H and O–H groups in total. The summed E-state index contributed by atoms with van der Waals surface area (Å²) in [5.74, 6) is -5.77. The first-order chi connectivity index (χ1) is 19.3. The minimum Gasteiger partial charge on any atom is -0.481 e. The second-order valence-electron chi connectivity index (χ2n) is 7.62. The molecule has 0 atom stereocenters. The molecule has 0 unspecified atom stereocenters. The van der Waals surface area contributed by atoms with Crippen molar-refractivity contribution in [3.8, 4) is 0 Å². The standard InChI is InChI=1S/3C7H11NO4S2.3Na/c3*9-5(10)1-3-8(7(13)14)4-2-6(11)12;;;/h3*1-4H2,(H,9,10)(H,11,12)(H,13,14);;;/q;;;3*+1/p-3. The van der Waals surface area contributed by atoms with Crippen LogP contribution in [-0.2, 0) is 66.7 Å². The third kappa shape index (κ3) is 44.1. The van der Waals surface area contributed by atoms with Gasteiger partial charge in [-0.05, 0) is 0 Å². The van der Waals surface area contributed by atoms with Gasteiger partial charge >= 0.3 is 124 Å². The summed E-state index contributed by atoms with van der Waals surface area (Å²) in [4.78, 5) is 65.7. The summed E-state index contributed by atoms with van der Waals surface area (Å²) in [5.41, 5.74) is 0. The molecule has 15 nitrogen and oxygen atoms in total. The van der Waals surface area contributed by atoms with Crippen molar-refractivity contribution in [1.82, 2.24) is 14.7 Å². The Kier molecular flexibility index (Phi) is 45.2. The predicted octanol–water partition coefficient (Wildman–Crippen LogP) is -8.78. The fraction of sp³-hybridized carbons (Fsp3) is 0.571. The van der Waals surface area contributed by atoms with Crippen molar-refractivity contribution in [2.45, 2.75) is 38.5 Å². The van der Waals surface area contributed by atoms with Gasteiger partial charge < -0.3 is 120 Å². The average molecular weight is 778 g/mol. The molecule has 0 heterocycles. The van der Waals surface area contributed by atoms with Gasteiger partial charge in [0.05, 0.1) is 38.5 Å². The summed E-state index contributed by atoms with van der Waals surface area (Å²) in [5, 5.41) is 50.4. The van der Waals surface area contributed by atoms with Crippen LogP contribution in [0.5, 0.6) is 0 Å². The molecule has 240 valence electrons. The first-order valence-electron chi connectivity index (χ1n) is 11.5. The zero-order valence-corrected chi connectivity index (χ0v) is 35.8. The minimum atomic E-state index is -0.962. The monoisotopic (exact) mass is 777 g/mol. The van der Waals surface area contributed by atoms with E-state index in [0.29, 0.717) is 0 Å². The first kappa shape index (κ1) is 57.4. The molecule has 0 aliphatic carbocycles. The second kappa shape index (κ2) is 35.5. The van der Waals surface area contributed by atoms with Crippen molar-refractivity contribution >= 4 is 123 Å². The number of carbonyl (C=O) groups is 6. The second-order valence-corrected chi connectivity index (χ2v) is 10.7. The molecule has 0 aromatic carbocycles. The average Bonchev–Trinajstić information content (AvgIpc) is 2.83. The number of carboxylic acid groups (broad SMARTS) is 6. The Hall–Kier alpha value is 0.150. The minimum absolute atomic E-state index is 0. The van der Waals surface area contributed by atoms with E-state index < -0.39 is 35.8 Å². The molecular formula is C21H30N3Na3O12S6. The van der Waals surface area contributed by atoms with E-state index in [1.165, 1.54) is 14.7 Å². The van der Waals surface area contributed by atoms with Crippen LogP contribution in [-0.4, -0.2) is 133 Å². The zero-order chi connectivity index (χ0) is 33.4. The Morgan fingerprint density at radius 1 is 0.378 bits per heavy atom. The van der Waals surface area contributed by atoms with Crippen LogP contribution in [0, 0.1) is 0 Å². The van der Waals surface area contributed by atoms with Crippen LogP contribution in [0.2, 0.25) is 0 Å². The van der Waals surface area contributed by atoms with Crippen LogP contribution in [0.3, 0.4) is 0 Å². The van der Waals surface area contributed by atoms with E-state index in [0.717, 1.165) is 0 Å². The summed E-state index contributed by atoms with van der Waals surface area (Å²) in [6, 6.07) is 0. The van der Waals surface area contributed by atoms with E-state index in [2.05, 4.69) is 74.5 Å². The van der Waals surface area contributed by atoms with Crippen LogP contribution < -0.4 is 88.7 Å². The molecule has 0 spiro atoms. The number of nitrogens with zero attached hydrogens (tertiary/aromatic N) is 3. The van der Waals surface area contributed by atoms with Crippen molar-refractivity contribution in [2.24, 2.45) is 0 Å². The third-order valence-electron chi connectivity index (χ3n) is 4.35. The first-order valence-corrected chi connectivity index (χ1v) is 13.9. The maximum atomic E-state index is 10.2. The Bertz CT molecular complexity index is 812. The van der Waals surface area contributed by atoms with Crippen LogP contribution in [0.4, 0.5) is 0 Å². The molecule has 0 rings (SSSR count). The smallest absolute Gasteiger partial charge is 0.481 e. The van der Waals surface area contributed by atoms with E-state index in [1.54, 1.807) is 0 Å². The van der Waals surface area contributed by atoms with E-state index in [9.17, 15) is 28.8 Å². The van der Waals surface area contributed by atoms with Gasteiger partial charge in [0.2, 0.25) is 0 Å². The Labute approximate surface area is 359 Å². The van der Waals surface area contributed by atoms with Gasteiger partial charge in [-0.15, -0.1) is 0 Å². The van der Waals surface area contributed by atoms with Crippen molar-refractivity contribution < 1.29 is 148 Å². The molecule has 0 aromatic heterocycles. The number of hydrogen-bond donors (Lipinski definition) is 6. The van der Waals surface area contributed by atoms with Gasteiger partial charge in [-0.1, -0.05) is 13.0 Å². The number of aliphatic carboxylic acids is 6. The molecule has 0 aliphatic heterocycles. The SMILES string of the molecule is O=C(O)CCN(CCC(=O)O)C(=S)[S-].O=C(O)CCN(CCC(=O)O)C(=S)[S-].O=C(O)CCN(CCC(=O)O)C(=S)[S-].[Na+].[Na+].[Na+]. The van der Waals surface area contributed by atoms with Crippen molar-refractivity contribution in [3.63, 3.8) is 0 Å². The topological polar surface area (TPSA) is 234 Å². The quantitative estimate of drug-likeness (QED) is 0.0431. The Morgan fingerprint density at radius 3 is 0.556 bits per heavy atom. The van der Waals surface area contributed by atoms with E-state index in [1.807, 2.05) is 0 Å². The summed E-state index contributed by atoms with van der Waals surface area (Å²) in [7, 11) is 0. The number of thiocarbonyl (C=S) groups is 3. The summed E-state index contributed by atoms with van der Waals surface area (Å²) < 4.78 is 0.313. The van der Waals surface area contributed by atoms with Crippen LogP contribution in [0.15, 0.2) is 0 Å². The molecule has 0 fully saturated rings. The molecule has 0 amide bonds. The van der Waals surface area contributed by atoms with Gasteiger partial charge in [-0.25, -0.2) is 0 Å². The van der Waals surface area contributed by atoms with Crippen molar-refractivity contribution in [2.75, 3.05) is 39.3 Å². The fourth-order valence-electron chi connectivity index (χ4n) is 2.27. The van der Waals surface area contributed by atoms with Gasteiger partial charge in [-0.3, -0.25) is 28.8 Å². The molecule has 24 heteroatoms. The number of carboxylic acids is 6. The molecule has 0 aliphatic rings. The van der Waals surface area contributed by atoms with Gasteiger partial charge in [-0.2, -0.15) is 0 Å². The van der Waals surface area contributed by atoms with Gasteiger partial charge in [0, 0.05) is 39.3 Å². The zero-order valence-electron chi connectivity index (χ0n) is 24.9. The van der Waals surface area contributed by atoms with Crippen molar-refractivity contribution in [3.05, 3.63) is 0 Å². The largest absolute Gasteiger partial charge is 1.00 e. The molecule has 0 bridgehead atoms. The Morgan fingerprint density at radius 2 is 0.489 bits per heavy atom. The summed E-state index contributed by atoms with van der Waals surface area (Å²) in [6.45, 7) is 0.946. The normalized spacial score (nSPS) is 8.80. The molecule has 0 aromatic rings. The number of hydrogen-bond acceptors (Lipinski definition) is 12. The number of rotatable bonds is 18. The van der Waals surface area contributed by atoms with E-state index in [-0.39, 0.29) is 179 Å². The van der Waals surface area contributed by atoms with Gasteiger partial charge in [0.1, 0.15) is 0 Å². The third-order valence-corrected chi connectivity index (χ3v) is 5.90. The van der Waals surface area contributed by atoms with Crippen LogP contribution >= 0.6 is 36.7 Å². The van der Waals surface area contributed by atoms with Gasteiger partial charge in [0.15, 0.2) is 0 Å². The van der Waals surface area contributed by atoms with Crippen LogP contribution in [0.1, 0.15) is 38.5 Å². The molecule has 45 heavy (non-hydrogen) atoms. The molecule has 0 radical (unpaired) electrons. The summed E-state index contributed by atoms with van der Waals surface area (Å²) >= 11 is 28.1. The van der Waals surface area contributed by atoms with Crippen molar-refractivity contribution in [1.29, 1.82) is 0 Å².